The number of hydrogen-bond donors (Lipinski definition) is 3. The van der Waals surface area contributed by atoms with Crippen molar-refractivity contribution in [2.75, 3.05) is 38.7 Å². The van der Waals surface area contributed by atoms with E-state index in [4.69, 9.17) is 14.2 Å². The van der Waals surface area contributed by atoms with Crippen molar-refractivity contribution in [2.24, 2.45) is 0 Å². The molecule has 0 saturated heterocycles. The number of rotatable bonds is 12. The van der Waals surface area contributed by atoms with Crippen molar-refractivity contribution in [1.82, 2.24) is 25.2 Å². The van der Waals surface area contributed by atoms with Crippen LogP contribution in [-0.2, 0) is 22.6 Å². The minimum Gasteiger partial charge on any atom is -0.493 e. The molecule has 0 radical (unpaired) electrons. The molecular weight excluding hydrogens is 608 g/mol. The number of carbonyl (C=O) groups is 2. The lowest BCUT2D eigenvalue weighted by atomic mass is 9.95. The van der Waals surface area contributed by atoms with Crippen molar-refractivity contribution >= 4 is 34.9 Å². The summed E-state index contributed by atoms with van der Waals surface area (Å²) in [5.74, 6) is 2.22. The maximum absolute atomic E-state index is 13.8. The van der Waals surface area contributed by atoms with Crippen LogP contribution in [-0.4, -0.2) is 65.8 Å². The van der Waals surface area contributed by atoms with Gasteiger partial charge in [-0.25, -0.2) is 0 Å². The molecule has 13 heteroatoms. The largest absolute Gasteiger partial charge is 0.493 e. The van der Waals surface area contributed by atoms with Crippen LogP contribution < -0.4 is 35.6 Å². The number of thioether (sulfide) groups is 1. The van der Waals surface area contributed by atoms with Crippen LogP contribution in [0.4, 0.5) is 5.69 Å². The number of ether oxygens (including phenoxy) is 3. The first kappa shape index (κ1) is 32.6. The van der Waals surface area contributed by atoms with Gasteiger partial charge in [-0.2, -0.15) is 11.8 Å². The zero-order valence-electron chi connectivity index (χ0n) is 26.5. The van der Waals surface area contributed by atoms with Crippen molar-refractivity contribution in [1.29, 1.82) is 0 Å². The molecule has 1 aliphatic carbocycles. The molecule has 0 unspecified atom stereocenters. The third kappa shape index (κ3) is 6.74. The molecule has 2 aromatic carbocycles. The number of carbonyl (C=O) groups excluding carboxylic acids is 2. The molecule has 0 spiro atoms. The lowest BCUT2D eigenvalue weighted by molar-refractivity contribution is -0.122. The van der Waals surface area contributed by atoms with Crippen molar-refractivity contribution < 1.29 is 23.8 Å². The van der Waals surface area contributed by atoms with Crippen molar-refractivity contribution in [3.63, 3.8) is 0 Å². The Morgan fingerprint density at radius 2 is 1.87 bits per heavy atom. The zero-order valence-corrected chi connectivity index (χ0v) is 27.3. The van der Waals surface area contributed by atoms with Crippen LogP contribution in [0.5, 0.6) is 17.2 Å². The molecule has 46 heavy (non-hydrogen) atoms. The SMILES string of the molecule is COc1cc2c(c(OC)c1OC)-c1ccc(N[C@H](CCSC)C(=O)NCc3nnc4ccccn34)c(=O)cc1[C@@H](NC(C)=O)CC2. The smallest absolute Gasteiger partial charge is 0.242 e. The van der Waals surface area contributed by atoms with E-state index in [1.807, 2.05) is 47.2 Å². The summed E-state index contributed by atoms with van der Waals surface area (Å²) in [6.45, 7) is 1.62. The van der Waals surface area contributed by atoms with Crippen LogP contribution in [0.15, 0.2) is 53.5 Å². The average molecular weight is 647 g/mol. The minimum absolute atomic E-state index is 0.169. The number of nitrogens with one attached hydrogen (secondary N) is 3. The maximum Gasteiger partial charge on any atom is 0.242 e. The van der Waals surface area contributed by atoms with Gasteiger partial charge >= 0.3 is 0 Å². The monoisotopic (exact) mass is 646 g/mol. The fraction of sp³-hybridized carbons (Fsp3) is 0.364. The Morgan fingerprint density at radius 1 is 1.07 bits per heavy atom. The second kappa shape index (κ2) is 14.5. The van der Waals surface area contributed by atoms with E-state index in [9.17, 15) is 14.4 Å². The number of nitrogens with zero attached hydrogens (tertiary/aromatic N) is 3. The molecule has 2 atom stereocenters. The van der Waals surface area contributed by atoms with Crippen molar-refractivity contribution in [2.45, 2.75) is 44.8 Å². The number of methoxy groups -OCH3 is 3. The van der Waals surface area contributed by atoms with E-state index >= 15 is 0 Å². The lowest BCUT2D eigenvalue weighted by Gasteiger charge is -2.19. The molecule has 12 nitrogen and oxygen atoms in total. The van der Waals surface area contributed by atoms with Gasteiger partial charge in [0.2, 0.25) is 23.0 Å². The number of amides is 2. The molecule has 4 aromatic rings. The standard InChI is InChI=1S/C33H38N6O6S/c1-19(40)35-23-11-9-20-16-27(43-2)31(44-3)32(45-4)30(20)21-10-12-24(26(41)17-22(21)23)36-25(13-15-46-5)33(42)34-18-29-38-37-28-8-6-7-14-39(28)29/h6-8,10,12,14,16-17,23,25H,9,11,13,15,18H2,1-5H3,(H,34,42)(H,35,40)(H,36,41)/t23-,25+/m0/s1. The topological polar surface area (TPSA) is 145 Å². The van der Waals surface area contributed by atoms with Gasteiger partial charge < -0.3 is 30.2 Å². The normalized spacial score (nSPS) is 14.3. The quantitative estimate of drug-likeness (QED) is 0.208. The second-order valence-corrected chi connectivity index (χ2v) is 11.8. The lowest BCUT2D eigenvalue weighted by Crippen LogP contribution is -2.40. The van der Waals surface area contributed by atoms with Gasteiger partial charge in [-0.1, -0.05) is 12.1 Å². The average Bonchev–Trinajstić information content (AvgIpc) is 3.33. The van der Waals surface area contributed by atoms with E-state index in [-0.39, 0.29) is 29.5 Å². The molecule has 2 heterocycles. The highest BCUT2D eigenvalue weighted by molar-refractivity contribution is 7.98. The van der Waals surface area contributed by atoms with Crippen LogP contribution in [0.2, 0.25) is 0 Å². The Balaban J connectivity index is 1.54. The Labute approximate surface area is 271 Å². The molecule has 3 N–H and O–H groups in total. The number of hydrogen-bond acceptors (Lipinski definition) is 10. The van der Waals surface area contributed by atoms with Gasteiger partial charge in [0.05, 0.1) is 39.6 Å². The number of fused-ring (bicyclic) bond motifs is 4. The fourth-order valence-electron chi connectivity index (χ4n) is 5.82. The first-order valence-corrected chi connectivity index (χ1v) is 16.3. The first-order chi connectivity index (χ1) is 22.3. The highest BCUT2D eigenvalue weighted by Gasteiger charge is 2.30. The van der Waals surface area contributed by atoms with E-state index in [2.05, 4.69) is 26.1 Å². The Bertz CT molecular complexity index is 1810. The molecule has 242 valence electrons. The first-order valence-electron chi connectivity index (χ1n) is 14.9. The molecular formula is C33H38N6O6S. The van der Waals surface area contributed by atoms with Gasteiger partial charge in [0.15, 0.2) is 23.0 Å². The number of pyridine rings is 1. The second-order valence-electron chi connectivity index (χ2n) is 10.8. The van der Waals surface area contributed by atoms with Gasteiger partial charge in [0.25, 0.3) is 0 Å². The van der Waals surface area contributed by atoms with E-state index in [0.29, 0.717) is 64.9 Å². The van der Waals surface area contributed by atoms with Crippen LogP contribution in [0, 0.1) is 0 Å². The summed E-state index contributed by atoms with van der Waals surface area (Å²) in [5, 5.41) is 17.5. The number of anilines is 1. The van der Waals surface area contributed by atoms with Gasteiger partial charge in [-0.15, -0.1) is 10.2 Å². The van der Waals surface area contributed by atoms with Crippen molar-refractivity contribution in [3.05, 3.63) is 75.8 Å². The summed E-state index contributed by atoms with van der Waals surface area (Å²) in [7, 11) is 4.66. The maximum atomic E-state index is 13.8. The summed E-state index contributed by atoms with van der Waals surface area (Å²) in [6.07, 6.45) is 5.41. The Morgan fingerprint density at radius 3 is 2.59 bits per heavy atom. The number of aryl methyl sites for hydroxylation is 1. The van der Waals surface area contributed by atoms with Gasteiger partial charge in [0, 0.05) is 18.7 Å². The summed E-state index contributed by atoms with van der Waals surface area (Å²) in [5.41, 5.74) is 3.65. The predicted octanol–water partition coefficient (Wildman–Crippen LogP) is 3.76. The molecule has 5 rings (SSSR count). The molecule has 2 aromatic heterocycles. The predicted molar refractivity (Wildman–Crippen MR) is 178 cm³/mol. The highest BCUT2D eigenvalue weighted by atomic mass is 32.2. The summed E-state index contributed by atoms with van der Waals surface area (Å²) < 4.78 is 19.0. The van der Waals surface area contributed by atoms with Gasteiger partial charge in [-0.3, -0.25) is 18.8 Å². The summed E-state index contributed by atoms with van der Waals surface area (Å²) >= 11 is 1.61. The van der Waals surface area contributed by atoms with E-state index < -0.39 is 12.1 Å². The molecule has 0 aliphatic heterocycles. The Hall–Kier alpha value is -4.78. The molecule has 0 saturated carbocycles. The van der Waals surface area contributed by atoms with Gasteiger partial charge in [-0.05, 0) is 78.3 Å². The third-order valence-corrected chi connectivity index (χ3v) is 8.62. The number of benzene rings is 1. The summed E-state index contributed by atoms with van der Waals surface area (Å²) in [4.78, 5) is 39.6. The van der Waals surface area contributed by atoms with E-state index in [1.54, 1.807) is 39.2 Å². The van der Waals surface area contributed by atoms with Crippen LogP contribution in [0.3, 0.4) is 0 Å². The minimum atomic E-state index is -0.695. The molecule has 0 fully saturated rings. The Kier molecular flexibility index (Phi) is 10.3. The molecule has 0 bridgehead atoms. The third-order valence-electron chi connectivity index (χ3n) is 7.98. The molecule has 2 amide bonds. The van der Waals surface area contributed by atoms with Crippen LogP contribution >= 0.6 is 11.8 Å². The number of aromatic nitrogens is 3. The van der Waals surface area contributed by atoms with Gasteiger partial charge in [0.1, 0.15) is 6.04 Å². The highest BCUT2D eigenvalue weighted by Crippen LogP contribution is 2.50. The zero-order chi connectivity index (χ0) is 32.8. The van der Waals surface area contributed by atoms with E-state index in [0.717, 1.165) is 11.1 Å². The fourth-order valence-corrected chi connectivity index (χ4v) is 6.29. The van der Waals surface area contributed by atoms with Crippen molar-refractivity contribution in [3.8, 4) is 28.4 Å². The molecule has 1 aliphatic rings. The van der Waals surface area contributed by atoms with Crippen LogP contribution in [0.25, 0.3) is 16.8 Å². The van der Waals surface area contributed by atoms with Crippen LogP contribution in [0.1, 0.15) is 42.8 Å². The summed E-state index contributed by atoms with van der Waals surface area (Å²) in [6, 6.07) is 11.4. The van der Waals surface area contributed by atoms with E-state index in [1.165, 1.54) is 13.0 Å².